The van der Waals surface area contributed by atoms with Gasteiger partial charge in [0.15, 0.2) is 0 Å². The van der Waals surface area contributed by atoms with E-state index >= 15 is 0 Å². The third kappa shape index (κ3) is 3.15. The zero-order valence-electron chi connectivity index (χ0n) is 11.8. The fourth-order valence-corrected chi connectivity index (χ4v) is 2.13. The van der Waals surface area contributed by atoms with Crippen molar-refractivity contribution in [2.45, 2.75) is 27.4 Å². The number of benzene rings is 1. The van der Waals surface area contributed by atoms with Crippen molar-refractivity contribution in [1.82, 2.24) is 4.98 Å². The molecule has 0 bridgehead atoms. The van der Waals surface area contributed by atoms with Gasteiger partial charge in [0.2, 0.25) is 0 Å². The Kier molecular flexibility index (Phi) is 4.03. The van der Waals surface area contributed by atoms with E-state index in [9.17, 15) is 4.79 Å². The summed E-state index contributed by atoms with van der Waals surface area (Å²) in [6.45, 7) is 5.99. The van der Waals surface area contributed by atoms with Gasteiger partial charge in [0.05, 0.1) is 11.3 Å². The summed E-state index contributed by atoms with van der Waals surface area (Å²) in [4.78, 5) is 15.4. The van der Waals surface area contributed by atoms with Crippen molar-refractivity contribution >= 4 is 5.97 Å². The normalized spacial score (nSPS) is 10.3. The Morgan fingerprint density at radius 3 is 2.40 bits per heavy atom. The second-order valence-corrected chi connectivity index (χ2v) is 4.80. The SMILES string of the molecule is Cc1cccc(COc2c(C)cc(C(=O)O)cc2C)n1. The van der Waals surface area contributed by atoms with Crippen LogP contribution >= 0.6 is 0 Å². The number of hydrogen-bond donors (Lipinski definition) is 1. The molecule has 1 N–H and O–H groups in total. The molecule has 0 aliphatic rings. The molecule has 2 rings (SSSR count). The molecule has 4 heteroatoms. The maximum Gasteiger partial charge on any atom is 0.335 e. The van der Waals surface area contributed by atoms with Crippen molar-refractivity contribution in [2.24, 2.45) is 0 Å². The van der Waals surface area contributed by atoms with Gasteiger partial charge in [0, 0.05) is 5.69 Å². The number of aromatic nitrogens is 1. The van der Waals surface area contributed by atoms with Gasteiger partial charge in [-0.05, 0) is 56.2 Å². The van der Waals surface area contributed by atoms with Crippen molar-refractivity contribution < 1.29 is 14.6 Å². The Balaban J connectivity index is 2.20. The van der Waals surface area contributed by atoms with E-state index in [-0.39, 0.29) is 5.56 Å². The van der Waals surface area contributed by atoms with E-state index in [4.69, 9.17) is 9.84 Å². The largest absolute Gasteiger partial charge is 0.487 e. The number of aryl methyl sites for hydroxylation is 3. The van der Waals surface area contributed by atoms with Gasteiger partial charge < -0.3 is 9.84 Å². The molecule has 0 radical (unpaired) electrons. The van der Waals surface area contributed by atoms with E-state index in [1.54, 1.807) is 12.1 Å². The number of carboxylic acid groups (broad SMARTS) is 1. The maximum atomic E-state index is 11.0. The van der Waals surface area contributed by atoms with Crippen molar-refractivity contribution in [3.8, 4) is 5.75 Å². The van der Waals surface area contributed by atoms with Gasteiger partial charge >= 0.3 is 5.97 Å². The predicted molar refractivity (Wildman–Crippen MR) is 76.2 cm³/mol. The zero-order chi connectivity index (χ0) is 14.7. The monoisotopic (exact) mass is 271 g/mol. The molecule has 1 heterocycles. The fraction of sp³-hybridized carbons (Fsp3) is 0.250. The number of nitrogens with zero attached hydrogens (tertiary/aromatic N) is 1. The van der Waals surface area contributed by atoms with Crippen molar-refractivity contribution in [2.75, 3.05) is 0 Å². The number of carbonyl (C=O) groups is 1. The van der Waals surface area contributed by atoms with E-state index in [0.29, 0.717) is 6.61 Å². The molecule has 0 unspecified atom stereocenters. The van der Waals surface area contributed by atoms with Crippen molar-refractivity contribution in [3.63, 3.8) is 0 Å². The van der Waals surface area contributed by atoms with Gasteiger partial charge in [0.25, 0.3) is 0 Å². The molecule has 2 aromatic rings. The minimum absolute atomic E-state index is 0.279. The van der Waals surface area contributed by atoms with E-state index in [1.807, 2.05) is 39.0 Å². The second-order valence-electron chi connectivity index (χ2n) is 4.80. The first-order valence-corrected chi connectivity index (χ1v) is 6.37. The highest BCUT2D eigenvalue weighted by atomic mass is 16.5. The predicted octanol–water partition coefficient (Wildman–Crippen LogP) is 3.28. The minimum atomic E-state index is -0.928. The molecule has 0 atom stereocenters. The number of carboxylic acids is 1. The Hall–Kier alpha value is -2.36. The van der Waals surface area contributed by atoms with Crippen molar-refractivity contribution in [3.05, 3.63) is 58.4 Å². The smallest absolute Gasteiger partial charge is 0.335 e. The van der Waals surface area contributed by atoms with Gasteiger partial charge in [-0.25, -0.2) is 4.79 Å². The van der Waals surface area contributed by atoms with Gasteiger partial charge in [-0.1, -0.05) is 6.07 Å². The first kappa shape index (κ1) is 14.1. The summed E-state index contributed by atoms with van der Waals surface area (Å²) in [5, 5.41) is 9.01. The first-order chi connectivity index (χ1) is 9.47. The lowest BCUT2D eigenvalue weighted by molar-refractivity contribution is 0.0696. The molecule has 104 valence electrons. The Labute approximate surface area is 118 Å². The van der Waals surface area contributed by atoms with Crippen LogP contribution in [0.15, 0.2) is 30.3 Å². The van der Waals surface area contributed by atoms with E-state index in [0.717, 1.165) is 28.3 Å². The molecule has 20 heavy (non-hydrogen) atoms. The highest BCUT2D eigenvalue weighted by Crippen LogP contribution is 2.25. The van der Waals surface area contributed by atoms with E-state index < -0.39 is 5.97 Å². The van der Waals surface area contributed by atoms with Crippen LogP contribution in [0.2, 0.25) is 0 Å². The Bertz CT molecular complexity index is 627. The molecular weight excluding hydrogens is 254 g/mol. The van der Waals surface area contributed by atoms with Crippen LogP contribution in [0, 0.1) is 20.8 Å². The van der Waals surface area contributed by atoms with Crippen LogP contribution in [0.25, 0.3) is 0 Å². The van der Waals surface area contributed by atoms with E-state index in [2.05, 4.69) is 4.98 Å². The standard InChI is InChI=1S/C16H17NO3/c1-10-7-13(16(18)19)8-11(2)15(10)20-9-14-6-4-5-12(3)17-14/h4-8H,9H2,1-3H3,(H,18,19). The number of rotatable bonds is 4. The summed E-state index contributed by atoms with van der Waals surface area (Å²) in [6, 6.07) is 9.02. The van der Waals surface area contributed by atoms with Gasteiger partial charge in [0.1, 0.15) is 12.4 Å². The summed E-state index contributed by atoms with van der Waals surface area (Å²) < 4.78 is 5.79. The minimum Gasteiger partial charge on any atom is -0.487 e. The molecule has 0 amide bonds. The molecular formula is C16H17NO3. The van der Waals surface area contributed by atoms with E-state index in [1.165, 1.54) is 0 Å². The van der Waals surface area contributed by atoms with Crippen LogP contribution in [0.5, 0.6) is 5.75 Å². The molecule has 0 fully saturated rings. The van der Waals surface area contributed by atoms with Crippen LogP contribution in [0.3, 0.4) is 0 Å². The molecule has 0 aliphatic carbocycles. The van der Waals surface area contributed by atoms with Crippen LogP contribution in [-0.4, -0.2) is 16.1 Å². The Morgan fingerprint density at radius 1 is 1.20 bits per heavy atom. The van der Waals surface area contributed by atoms with Gasteiger partial charge in [-0.3, -0.25) is 4.98 Å². The molecule has 0 spiro atoms. The van der Waals surface area contributed by atoms with Gasteiger partial charge in [-0.15, -0.1) is 0 Å². The van der Waals surface area contributed by atoms with Crippen LogP contribution in [-0.2, 0) is 6.61 Å². The zero-order valence-corrected chi connectivity index (χ0v) is 11.8. The number of hydrogen-bond acceptors (Lipinski definition) is 3. The van der Waals surface area contributed by atoms with Crippen LogP contribution in [0.4, 0.5) is 0 Å². The lowest BCUT2D eigenvalue weighted by atomic mass is 10.1. The van der Waals surface area contributed by atoms with Crippen molar-refractivity contribution in [1.29, 1.82) is 0 Å². The molecule has 0 aliphatic heterocycles. The third-order valence-corrected chi connectivity index (χ3v) is 3.02. The van der Waals surface area contributed by atoms with Gasteiger partial charge in [-0.2, -0.15) is 0 Å². The molecule has 4 nitrogen and oxygen atoms in total. The highest BCUT2D eigenvalue weighted by Gasteiger charge is 2.11. The highest BCUT2D eigenvalue weighted by molar-refractivity contribution is 5.88. The summed E-state index contributed by atoms with van der Waals surface area (Å²) >= 11 is 0. The average Bonchev–Trinajstić information content (AvgIpc) is 2.37. The average molecular weight is 271 g/mol. The molecule has 1 aromatic carbocycles. The molecule has 1 aromatic heterocycles. The van der Waals surface area contributed by atoms with Crippen LogP contribution < -0.4 is 4.74 Å². The topological polar surface area (TPSA) is 59.4 Å². The first-order valence-electron chi connectivity index (χ1n) is 6.37. The van der Waals surface area contributed by atoms with Crippen LogP contribution in [0.1, 0.15) is 32.9 Å². The summed E-state index contributed by atoms with van der Waals surface area (Å²) in [6.07, 6.45) is 0. The maximum absolute atomic E-state index is 11.0. The second kappa shape index (κ2) is 5.74. The third-order valence-electron chi connectivity index (χ3n) is 3.02. The summed E-state index contributed by atoms with van der Waals surface area (Å²) in [5.74, 6) is -0.207. The number of pyridine rings is 1. The molecule has 0 saturated carbocycles. The fourth-order valence-electron chi connectivity index (χ4n) is 2.13. The summed E-state index contributed by atoms with van der Waals surface area (Å²) in [7, 11) is 0. The Morgan fingerprint density at radius 2 is 1.85 bits per heavy atom. The lowest BCUT2D eigenvalue weighted by Gasteiger charge is -2.13. The number of aromatic carboxylic acids is 1. The lowest BCUT2D eigenvalue weighted by Crippen LogP contribution is -2.04. The molecule has 0 saturated heterocycles. The number of ether oxygens (including phenoxy) is 1. The summed E-state index contributed by atoms with van der Waals surface area (Å²) in [5.41, 5.74) is 3.71. The quantitative estimate of drug-likeness (QED) is 0.927.